The zero-order valence-electron chi connectivity index (χ0n) is 11.0. The molecule has 0 saturated heterocycles. The number of halogens is 1. The van der Waals surface area contributed by atoms with Crippen molar-refractivity contribution in [3.8, 4) is 5.75 Å². The summed E-state index contributed by atoms with van der Waals surface area (Å²) in [5.74, 6) is -0.364. The molecule has 0 aliphatic heterocycles. The molecule has 106 valence electrons. The van der Waals surface area contributed by atoms with Crippen LogP contribution in [0.3, 0.4) is 0 Å². The molecule has 2 aromatic rings. The van der Waals surface area contributed by atoms with Gasteiger partial charge in [0.15, 0.2) is 0 Å². The fraction of sp³-hybridized carbons (Fsp3) is 0.250. The molecule has 0 aliphatic rings. The van der Waals surface area contributed by atoms with E-state index in [1.807, 2.05) is 0 Å². The van der Waals surface area contributed by atoms with Gasteiger partial charge in [0.2, 0.25) is 0 Å². The molecule has 3 N–H and O–H groups in total. The van der Waals surface area contributed by atoms with E-state index in [1.165, 1.54) is 12.1 Å². The number of benzene rings is 2. The fourth-order valence-corrected chi connectivity index (χ4v) is 2.38. The Labute approximate surface area is 116 Å². The normalized spacial score (nSPS) is 11.6. The number of phenolic OH excluding ortho intramolecular Hbond substituents is 1. The van der Waals surface area contributed by atoms with Crippen LogP contribution in [0.1, 0.15) is 11.1 Å². The average Bonchev–Trinajstić information content (AvgIpc) is 2.46. The minimum atomic E-state index is -1.11. The molecule has 0 saturated carbocycles. The van der Waals surface area contributed by atoms with Crippen LogP contribution in [0.5, 0.6) is 5.75 Å². The minimum absolute atomic E-state index is 0.0980. The lowest BCUT2D eigenvalue weighted by Gasteiger charge is -2.31. The molecule has 0 spiro atoms. The third-order valence-electron chi connectivity index (χ3n) is 3.50. The molecule has 0 aliphatic carbocycles. The Bertz CT molecular complexity index is 579. The Balaban J connectivity index is 2.42. The van der Waals surface area contributed by atoms with Crippen LogP contribution in [-0.4, -0.2) is 28.5 Å². The summed E-state index contributed by atoms with van der Waals surface area (Å²) >= 11 is 0. The molecule has 4 heteroatoms. The molecular weight excluding hydrogens is 259 g/mol. The lowest BCUT2D eigenvalue weighted by Crippen LogP contribution is -2.38. The van der Waals surface area contributed by atoms with Gasteiger partial charge in [0.05, 0.1) is 13.2 Å². The predicted octanol–water partition coefficient (Wildman–Crippen LogP) is 2.00. The third-order valence-corrected chi connectivity index (χ3v) is 3.50. The van der Waals surface area contributed by atoms with Crippen molar-refractivity contribution in [1.29, 1.82) is 0 Å². The van der Waals surface area contributed by atoms with Gasteiger partial charge in [-0.25, -0.2) is 4.39 Å². The number of hydrogen-bond acceptors (Lipinski definition) is 3. The van der Waals surface area contributed by atoms with Gasteiger partial charge in [-0.1, -0.05) is 30.3 Å². The lowest BCUT2D eigenvalue weighted by molar-refractivity contribution is 0.113. The number of phenols is 1. The van der Waals surface area contributed by atoms with Gasteiger partial charge < -0.3 is 15.3 Å². The molecule has 0 heterocycles. The zero-order valence-corrected chi connectivity index (χ0v) is 11.0. The van der Waals surface area contributed by atoms with Gasteiger partial charge in [0.25, 0.3) is 0 Å². The predicted molar refractivity (Wildman–Crippen MR) is 74.1 cm³/mol. The van der Waals surface area contributed by atoms with Gasteiger partial charge in [-0.2, -0.15) is 0 Å². The Morgan fingerprint density at radius 2 is 1.65 bits per heavy atom. The van der Waals surface area contributed by atoms with Crippen LogP contribution in [0.25, 0.3) is 0 Å². The number of aromatic hydroxyl groups is 1. The largest absolute Gasteiger partial charge is 0.508 e. The summed E-state index contributed by atoms with van der Waals surface area (Å²) < 4.78 is 14.0. The van der Waals surface area contributed by atoms with Crippen molar-refractivity contribution in [2.45, 2.75) is 11.8 Å². The maximum absolute atomic E-state index is 14.0. The molecule has 2 aromatic carbocycles. The average molecular weight is 276 g/mol. The van der Waals surface area contributed by atoms with Gasteiger partial charge in [-0.15, -0.1) is 0 Å². The van der Waals surface area contributed by atoms with Crippen LogP contribution >= 0.6 is 0 Å². The zero-order chi connectivity index (χ0) is 14.6. The van der Waals surface area contributed by atoms with E-state index in [4.69, 9.17) is 0 Å². The summed E-state index contributed by atoms with van der Waals surface area (Å²) in [6, 6.07) is 12.6. The van der Waals surface area contributed by atoms with Crippen molar-refractivity contribution in [2.24, 2.45) is 0 Å². The molecule has 0 bridgehead atoms. The van der Waals surface area contributed by atoms with E-state index in [9.17, 15) is 19.7 Å². The van der Waals surface area contributed by atoms with E-state index in [-0.39, 0.29) is 30.9 Å². The van der Waals surface area contributed by atoms with Crippen LogP contribution < -0.4 is 0 Å². The summed E-state index contributed by atoms with van der Waals surface area (Å²) in [6.45, 7) is -0.778. The molecule has 0 atom stereocenters. The number of hydrogen-bond donors (Lipinski definition) is 3. The molecule has 0 unspecified atom stereocenters. The Morgan fingerprint density at radius 3 is 2.25 bits per heavy atom. The Hall–Kier alpha value is -1.91. The Morgan fingerprint density at radius 1 is 0.950 bits per heavy atom. The Kier molecular flexibility index (Phi) is 4.37. The van der Waals surface area contributed by atoms with Crippen LogP contribution in [-0.2, 0) is 11.8 Å². The van der Waals surface area contributed by atoms with Crippen molar-refractivity contribution in [1.82, 2.24) is 0 Å². The van der Waals surface area contributed by atoms with Gasteiger partial charge in [0.1, 0.15) is 11.6 Å². The summed E-state index contributed by atoms with van der Waals surface area (Å²) in [6.07, 6.45) is 0.231. The highest BCUT2D eigenvalue weighted by Gasteiger charge is 2.33. The molecule has 0 aromatic heterocycles. The summed E-state index contributed by atoms with van der Waals surface area (Å²) in [5, 5.41) is 28.9. The van der Waals surface area contributed by atoms with E-state index >= 15 is 0 Å². The van der Waals surface area contributed by atoms with Crippen LogP contribution in [0.15, 0.2) is 48.5 Å². The van der Waals surface area contributed by atoms with Crippen LogP contribution in [0, 0.1) is 5.82 Å². The summed E-state index contributed by atoms with van der Waals surface area (Å²) in [4.78, 5) is 0. The SMILES string of the molecule is OCC(CO)(Cc1cccc(O)c1)c1ccccc1F. The molecule has 2 rings (SSSR count). The first-order valence-corrected chi connectivity index (χ1v) is 6.36. The third kappa shape index (κ3) is 2.81. The highest BCUT2D eigenvalue weighted by atomic mass is 19.1. The standard InChI is InChI=1S/C16H17FO3/c17-15-7-2-1-6-14(15)16(10-18,11-19)9-12-4-3-5-13(20)8-12/h1-8,18-20H,9-11H2. The topological polar surface area (TPSA) is 60.7 Å². The van der Waals surface area contributed by atoms with E-state index in [0.29, 0.717) is 0 Å². The molecule has 3 nitrogen and oxygen atoms in total. The first kappa shape index (κ1) is 14.5. The second-order valence-corrected chi connectivity index (χ2v) is 4.92. The molecule has 20 heavy (non-hydrogen) atoms. The van der Waals surface area contributed by atoms with E-state index in [0.717, 1.165) is 5.56 Å². The second-order valence-electron chi connectivity index (χ2n) is 4.92. The van der Waals surface area contributed by atoms with Crippen LogP contribution in [0.2, 0.25) is 0 Å². The van der Waals surface area contributed by atoms with E-state index in [1.54, 1.807) is 36.4 Å². The van der Waals surface area contributed by atoms with E-state index in [2.05, 4.69) is 0 Å². The van der Waals surface area contributed by atoms with Crippen molar-refractivity contribution < 1.29 is 19.7 Å². The minimum Gasteiger partial charge on any atom is -0.508 e. The number of aliphatic hydroxyl groups excluding tert-OH is 2. The van der Waals surface area contributed by atoms with Gasteiger partial charge in [-0.3, -0.25) is 0 Å². The maximum atomic E-state index is 14.0. The highest BCUT2D eigenvalue weighted by Crippen LogP contribution is 2.30. The fourth-order valence-electron chi connectivity index (χ4n) is 2.38. The van der Waals surface area contributed by atoms with Crippen molar-refractivity contribution >= 4 is 0 Å². The smallest absolute Gasteiger partial charge is 0.127 e. The maximum Gasteiger partial charge on any atom is 0.127 e. The first-order chi connectivity index (χ1) is 9.61. The monoisotopic (exact) mass is 276 g/mol. The molecule has 0 amide bonds. The quantitative estimate of drug-likeness (QED) is 0.782. The molecule has 0 fully saturated rings. The molecular formula is C16H17FO3. The van der Waals surface area contributed by atoms with E-state index < -0.39 is 11.2 Å². The van der Waals surface area contributed by atoms with Gasteiger partial charge >= 0.3 is 0 Å². The second kappa shape index (κ2) is 6.03. The lowest BCUT2D eigenvalue weighted by atomic mass is 9.76. The van der Waals surface area contributed by atoms with Gasteiger partial charge in [0, 0.05) is 5.41 Å². The van der Waals surface area contributed by atoms with Crippen molar-refractivity contribution in [3.05, 3.63) is 65.5 Å². The highest BCUT2D eigenvalue weighted by molar-refractivity contribution is 5.34. The summed E-state index contributed by atoms with van der Waals surface area (Å²) in [5.41, 5.74) is -0.122. The number of aliphatic hydroxyl groups is 2. The molecule has 0 radical (unpaired) electrons. The van der Waals surface area contributed by atoms with Gasteiger partial charge in [-0.05, 0) is 35.7 Å². The van der Waals surface area contributed by atoms with Crippen molar-refractivity contribution in [3.63, 3.8) is 0 Å². The summed E-state index contributed by atoms with van der Waals surface area (Å²) in [7, 11) is 0. The number of rotatable bonds is 5. The van der Waals surface area contributed by atoms with Crippen LogP contribution in [0.4, 0.5) is 4.39 Å². The first-order valence-electron chi connectivity index (χ1n) is 6.36. The van der Waals surface area contributed by atoms with Crippen molar-refractivity contribution in [2.75, 3.05) is 13.2 Å².